The molecule has 30 heavy (non-hydrogen) atoms. The van der Waals surface area contributed by atoms with Gasteiger partial charge in [-0.1, -0.05) is 59.8 Å². The van der Waals surface area contributed by atoms with Gasteiger partial charge < -0.3 is 4.90 Å². The van der Waals surface area contributed by atoms with E-state index in [-0.39, 0.29) is 17.2 Å². The van der Waals surface area contributed by atoms with Crippen molar-refractivity contribution in [3.63, 3.8) is 0 Å². The maximum absolute atomic E-state index is 13.2. The van der Waals surface area contributed by atoms with Gasteiger partial charge in [-0.05, 0) is 30.7 Å². The Morgan fingerprint density at radius 1 is 1.03 bits per heavy atom. The lowest BCUT2D eigenvalue weighted by Crippen LogP contribution is -2.50. The molecule has 1 aromatic heterocycles. The smallest absolute Gasteiger partial charge is 0.264 e. The van der Waals surface area contributed by atoms with Gasteiger partial charge in [0.25, 0.3) is 5.91 Å². The zero-order valence-electron chi connectivity index (χ0n) is 16.6. The molecule has 154 valence electrons. The number of para-hydroxylation sites is 1. The van der Waals surface area contributed by atoms with E-state index in [4.69, 9.17) is 11.6 Å². The fourth-order valence-electron chi connectivity index (χ4n) is 4.26. The van der Waals surface area contributed by atoms with Gasteiger partial charge in [-0.15, -0.1) is 5.10 Å². The van der Waals surface area contributed by atoms with Crippen molar-refractivity contribution in [2.75, 3.05) is 31.1 Å². The van der Waals surface area contributed by atoms with E-state index >= 15 is 0 Å². The maximum atomic E-state index is 13.2. The lowest BCUT2D eigenvalue weighted by Gasteiger charge is -2.41. The summed E-state index contributed by atoms with van der Waals surface area (Å²) in [7, 11) is 0. The van der Waals surface area contributed by atoms with Crippen molar-refractivity contribution < 1.29 is 4.79 Å². The van der Waals surface area contributed by atoms with Crippen LogP contribution in [0.5, 0.6) is 0 Å². The molecule has 2 aliphatic rings. The molecule has 3 heterocycles. The van der Waals surface area contributed by atoms with Crippen LogP contribution in [0.4, 0.5) is 5.69 Å². The molecule has 0 aliphatic carbocycles. The van der Waals surface area contributed by atoms with E-state index in [0.29, 0.717) is 16.0 Å². The molecule has 3 aromatic rings. The van der Waals surface area contributed by atoms with Gasteiger partial charge in [-0.3, -0.25) is 9.69 Å². The van der Waals surface area contributed by atoms with Crippen LogP contribution in [0.15, 0.2) is 59.8 Å². The van der Waals surface area contributed by atoms with E-state index in [0.717, 1.165) is 31.7 Å². The Kier molecular flexibility index (Phi) is 5.26. The fourth-order valence-corrected chi connectivity index (χ4v) is 5.80. The summed E-state index contributed by atoms with van der Waals surface area (Å²) in [6.45, 7) is 5.31. The third-order valence-electron chi connectivity index (χ3n) is 5.71. The minimum atomic E-state index is -0.316. The number of rotatable bonds is 4. The van der Waals surface area contributed by atoms with Gasteiger partial charge in [0, 0.05) is 36.9 Å². The van der Waals surface area contributed by atoms with E-state index < -0.39 is 0 Å². The summed E-state index contributed by atoms with van der Waals surface area (Å²) in [5.41, 5.74) is 2.22. The molecule has 0 amide bonds. The van der Waals surface area contributed by atoms with Crippen molar-refractivity contribution in [3.8, 4) is 0 Å². The highest BCUT2D eigenvalue weighted by atomic mass is 35.5. The van der Waals surface area contributed by atoms with Crippen molar-refractivity contribution in [1.29, 1.82) is 0 Å². The van der Waals surface area contributed by atoms with Crippen LogP contribution in [0, 0.1) is 6.92 Å². The normalized spacial score (nSPS) is 20.4. The van der Waals surface area contributed by atoms with Crippen LogP contribution in [0.25, 0.3) is 0 Å². The lowest BCUT2D eigenvalue weighted by molar-refractivity contribution is 0.0830. The molecule has 5 rings (SSSR count). The monoisotopic (exact) mass is 439 g/mol. The number of nitrogens with zero attached hydrogens (tertiary/aromatic N) is 5. The molecule has 2 aliphatic heterocycles. The van der Waals surface area contributed by atoms with Crippen molar-refractivity contribution in [2.45, 2.75) is 23.4 Å². The number of hydrogen-bond donors (Lipinski definition) is 0. The minimum Gasteiger partial charge on any atom is -0.369 e. The molecule has 8 heteroatoms. The van der Waals surface area contributed by atoms with Gasteiger partial charge in [0.05, 0.1) is 6.04 Å². The maximum Gasteiger partial charge on any atom is 0.264 e. The number of piperazine rings is 1. The summed E-state index contributed by atoms with van der Waals surface area (Å²) in [6, 6.07) is 18.2. The average molecular weight is 440 g/mol. The highest BCUT2D eigenvalue weighted by Gasteiger charge is 2.44. The number of thioether (sulfide) groups is 1. The summed E-state index contributed by atoms with van der Waals surface area (Å²) in [5, 5.41) is 5.34. The summed E-state index contributed by atoms with van der Waals surface area (Å²) in [6.07, 6.45) is 0. The minimum absolute atomic E-state index is 0.0222. The Bertz CT molecular complexity index is 1060. The number of fused-ring (bicyclic) bond motifs is 1. The van der Waals surface area contributed by atoms with Crippen LogP contribution in [-0.4, -0.2) is 57.0 Å². The molecule has 0 spiro atoms. The quantitative estimate of drug-likeness (QED) is 0.614. The topological polar surface area (TPSA) is 54.3 Å². The van der Waals surface area contributed by atoms with E-state index in [1.165, 1.54) is 22.1 Å². The molecule has 1 fully saturated rings. The first kappa shape index (κ1) is 19.6. The molecule has 6 nitrogen and oxygen atoms in total. The lowest BCUT2D eigenvalue weighted by atomic mass is 9.99. The second-order valence-corrected chi connectivity index (χ2v) is 9.07. The standard InChI is InChI=1S/C22H22ClN5OS/c1-15-24-22-28(25-15)21(29)20(30-22)19(17-9-5-6-10-18(17)23)27-13-11-26(12-14-27)16-7-3-2-4-8-16/h2-10,19-20H,11-14H2,1H3. The summed E-state index contributed by atoms with van der Waals surface area (Å²) < 4.78 is 1.45. The van der Waals surface area contributed by atoms with Crippen LogP contribution >= 0.6 is 23.4 Å². The van der Waals surface area contributed by atoms with Crippen LogP contribution in [-0.2, 0) is 0 Å². The van der Waals surface area contributed by atoms with E-state index in [9.17, 15) is 4.79 Å². The third kappa shape index (κ3) is 3.51. The van der Waals surface area contributed by atoms with Gasteiger partial charge >= 0.3 is 0 Å². The summed E-state index contributed by atoms with van der Waals surface area (Å²) in [4.78, 5) is 22.4. The number of aromatic nitrogens is 3. The largest absolute Gasteiger partial charge is 0.369 e. The number of aryl methyl sites for hydroxylation is 1. The Hall–Kier alpha value is -2.35. The Morgan fingerprint density at radius 2 is 1.73 bits per heavy atom. The van der Waals surface area contributed by atoms with Gasteiger partial charge in [0.15, 0.2) is 5.16 Å². The number of benzene rings is 2. The Balaban J connectivity index is 1.43. The molecule has 1 saturated heterocycles. The van der Waals surface area contributed by atoms with Crippen molar-refractivity contribution in [2.24, 2.45) is 0 Å². The first-order chi connectivity index (χ1) is 14.6. The molecule has 0 N–H and O–H groups in total. The highest BCUT2D eigenvalue weighted by Crippen LogP contribution is 2.43. The molecule has 2 unspecified atom stereocenters. The van der Waals surface area contributed by atoms with E-state index in [1.54, 1.807) is 0 Å². The third-order valence-corrected chi connectivity index (χ3v) is 7.24. The van der Waals surface area contributed by atoms with Crippen LogP contribution in [0.1, 0.15) is 22.2 Å². The van der Waals surface area contributed by atoms with E-state index in [2.05, 4.69) is 44.1 Å². The van der Waals surface area contributed by atoms with Crippen molar-refractivity contribution in [3.05, 3.63) is 71.0 Å². The first-order valence-electron chi connectivity index (χ1n) is 10.0. The van der Waals surface area contributed by atoms with Gasteiger partial charge in [0.2, 0.25) is 0 Å². The van der Waals surface area contributed by atoms with Crippen LogP contribution in [0.3, 0.4) is 0 Å². The zero-order valence-corrected chi connectivity index (χ0v) is 18.2. The molecule has 0 bridgehead atoms. The first-order valence-corrected chi connectivity index (χ1v) is 11.3. The van der Waals surface area contributed by atoms with Gasteiger partial charge in [-0.25, -0.2) is 4.98 Å². The number of carbonyl (C=O) groups is 1. The zero-order chi connectivity index (χ0) is 20.7. The van der Waals surface area contributed by atoms with Gasteiger partial charge in [0.1, 0.15) is 11.1 Å². The Labute approximate surface area is 184 Å². The summed E-state index contributed by atoms with van der Waals surface area (Å²) >= 11 is 8.10. The molecular weight excluding hydrogens is 418 g/mol. The molecular formula is C22H22ClN5OS. The van der Waals surface area contributed by atoms with Gasteiger partial charge in [-0.2, -0.15) is 4.68 Å². The molecule has 2 aromatic carbocycles. The van der Waals surface area contributed by atoms with Crippen molar-refractivity contribution in [1.82, 2.24) is 19.7 Å². The second-order valence-electron chi connectivity index (χ2n) is 7.56. The average Bonchev–Trinajstić information content (AvgIpc) is 3.28. The molecule has 2 atom stereocenters. The number of carbonyl (C=O) groups excluding carboxylic acids is 1. The number of halogens is 1. The predicted octanol–water partition coefficient (Wildman–Crippen LogP) is 3.92. The molecule has 0 radical (unpaired) electrons. The van der Waals surface area contributed by atoms with E-state index in [1.807, 2.05) is 37.3 Å². The SMILES string of the molecule is Cc1nc2n(n1)C(=O)C(C(c1ccccc1Cl)N1CCN(c3ccccc3)CC1)S2. The highest BCUT2D eigenvalue weighted by molar-refractivity contribution is 8.00. The molecule has 0 saturated carbocycles. The van der Waals surface area contributed by atoms with Crippen molar-refractivity contribution >= 4 is 35.0 Å². The number of anilines is 1. The number of hydrogen-bond acceptors (Lipinski definition) is 6. The van der Waals surface area contributed by atoms with Crippen LogP contribution < -0.4 is 4.90 Å². The fraction of sp³-hybridized carbons (Fsp3) is 0.318. The second kappa shape index (κ2) is 8.06. The van der Waals surface area contributed by atoms with Crippen LogP contribution in [0.2, 0.25) is 5.02 Å². The summed E-state index contributed by atoms with van der Waals surface area (Å²) in [5.74, 6) is 0.598. The predicted molar refractivity (Wildman–Crippen MR) is 119 cm³/mol. The Morgan fingerprint density at radius 3 is 2.43 bits per heavy atom.